The first kappa shape index (κ1) is 22.7. The Kier molecular flexibility index (Phi) is 7.28. The largest absolute Gasteiger partial charge is 0.496 e. The van der Waals surface area contributed by atoms with Crippen LogP contribution in [0.2, 0.25) is 0 Å². The molecule has 31 heavy (non-hydrogen) atoms. The zero-order valence-electron chi connectivity index (χ0n) is 18.6. The van der Waals surface area contributed by atoms with Gasteiger partial charge in [0.25, 0.3) is 0 Å². The predicted molar refractivity (Wildman–Crippen MR) is 117 cm³/mol. The minimum absolute atomic E-state index is 0.0950. The van der Waals surface area contributed by atoms with Crippen LogP contribution in [-0.2, 0) is 22.7 Å². The fraction of sp³-hybridized carbons (Fsp3) is 0.417. The summed E-state index contributed by atoms with van der Waals surface area (Å²) in [5, 5.41) is 2.88. The van der Waals surface area contributed by atoms with E-state index in [9.17, 15) is 14.0 Å². The van der Waals surface area contributed by atoms with Crippen molar-refractivity contribution >= 4 is 11.8 Å². The smallest absolute Gasteiger partial charge is 0.237 e. The number of piperazine rings is 1. The molecule has 1 heterocycles. The van der Waals surface area contributed by atoms with Gasteiger partial charge in [0, 0.05) is 33.2 Å². The third-order valence-electron chi connectivity index (χ3n) is 6.01. The first-order chi connectivity index (χ1) is 14.8. The molecule has 0 saturated carbocycles. The molecule has 2 amide bonds. The van der Waals surface area contributed by atoms with Crippen molar-refractivity contribution in [3.8, 4) is 5.75 Å². The minimum Gasteiger partial charge on any atom is -0.496 e. The molecule has 1 N–H and O–H groups in total. The number of nitrogens with zero attached hydrogens (tertiary/aromatic N) is 2. The maximum absolute atomic E-state index is 13.1. The summed E-state index contributed by atoms with van der Waals surface area (Å²) in [7, 11) is 3.36. The SMILES string of the molecule is COc1ccc(CN2CCNC(=O)C2CC(=O)N(C)Cc2ccc(F)cc2)c(C)c1C. The molecule has 3 rings (SSSR count). The standard InChI is InChI=1S/C24H30FN3O3/c1-16-17(2)22(31-4)10-7-19(16)15-28-12-11-26-24(30)21(28)13-23(29)27(3)14-18-5-8-20(25)9-6-18/h5-10,21H,11-15H2,1-4H3,(H,26,30). The summed E-state index contributed by atoms with van der Waals surface area (Å²) >= 11 is 0. The molecule has 0 aliphatic carbocycles. The highest BCUT2D eigenvalue weighted by atomic mass is 19.1. The maximum atomic E-state index is 13.1. The Labute approximate surface area is 183 Å². The molecule has 1 fully saturated rings. The van der Waals surface area contributed by atoms with Gasteiger partial charge < -0.3 is 15.0 Å². The summed E-state index contributed by atoms with van der Waals surface area (Å²) in [5.41, 5.74) is 4.16. The lowest BCUT2D eigenvalue weighted by Crippen LogP contribution is -2.56. The number of rotatable bonds is 7. The third-order valence-corrected chi connectivity index (χ3v) is 6.01. The Bertz CT molecular complexity index is 946. The summed E-state index contributed by atoms with van der Waals surface area (Å²) < 4.78 is 18.5. The van der Waals surface area contributed by atoms with E-state index in [-0.39, 0.29) is 24.1 Å². The van der Waals surface area contributed by atoms with E-state index in [2.05, 4.69) is 10.2 Å². The van der Waals surface area contributed by atoms with E-state index in [1.807, 2.05) is 26.0 Å². The Morgan fingerprint density at radius 3 is 2.58 bits per heavy atom. The molecular weight excluding hydrogens is 397 g/mol. The number of carbonyl (C=O) groups is 2. The van der Waals surface area contributed by atoms with Crippen LogP contribution in [0.15, 0.2) is 36.4 Å². The normalized spacial score (nSPS) is 16.7. The topological polar surface area (TPSA) is 61.9 Å². The molecule has 6 nitrogen and oxygen atoms in total. The summed E-state index contributed by atoms with van der Waals surface area (Å²) in [6, 6.07) is 9.51. The fourth-order valence-corrected chi connectivity index (χ4v) is 3.91. The van der Waals surface area contributed by atoms with Crippen molar-refractivity contribution in [3.05, 3.63) is 64.5 Å². The average Bonchev–Trinajstić information content (AvgIpc) is 2.75. The van der Waals surface area contributed by atoms with Crippen molar-refractivity contribution in [3.63, 3.8) is 0 Å². The van der Waals surface area contributed by atoms with Crippen LogP contribution in [0.5, 0.6) is 5.75 Å². The number of nitrogens with one attached hydrogen (secondary N) is 1. The number of hydrogen-bond acceptors (Lipinski definition) is 4. The van der Waals surface area contributed by atoms with Crippen LogP contribution in [-0.4, -0.2) is 54.9 Å². The maximum Gasteiger partial charge on any atom is 0.237 e. The molecule has 0 spiro atoms. The molecule has 1 aliphatic rings. The second-order valence-corrected chi connectivity index (χ2v) is 8.03. The summed E-state index contributed by atoms with van der Waals surface area (Å²) in [4.78, 5) is 29.1. The van der Waals surface area contributed by atoms with Crippen LogP contribution < -0.4 is 10.1 Å². The Balaban J connectivity index is 1.70. The van der Waals surface area contributed by atoms with Crippen molar-refractivity contribution in [2.45, 2.75) is 39.4 Å². The first-order valence-corrected chi connectivity index (χ1v) is 10.4. The summed E-state index contributed by atoms with van der Waals surface area (Å²) in [5.74, 6) is 0.278. The number of ether oxygens (including phenoxy) is 1. The Hall–Kier alpha value is -2.93. The number of methoxy groups -OCH3 is 1. The summed E-state index contributed by atoms with van der Waals surface area (Å²) in [6.45, 7) is 6.26. The van der Waals surface area contributed by atoms with Gasteiger partial charge in [-0.05, 0) is 54.3 Å². The molecule has 1 unspecified atom stereocenters. The molecular formula is C24H30FN3O3. The lowest BCUT2D eigenvalue weighted by Gasteiger charge is -2.36. The van der Waals surface area contributed by atoms with Gasteiger partial charge in [-0.2, -0.15) is 0 Å². The summed E-state index contributed by atoms with van der Waals surface area (Å²) in [6.07, 6.45) is 0.0950. The number of amides is 2. The van der Waals surface area contributed by atoms with Crippen LogP contribution in [0.4, 0.5) is 4.39 Å². The third kappa shape index (κ3) is 5.41. The predicted octanol–water partition coefficient (Wildman–Crippen LogP) is 2.80. The van der Waals surface area contributed by atoms with Crippen molar-refractivity contribution in [1.29, 1.82) is 0 Å². The van der Waals surface area contributed by atoms with Gasteiger partial charge in [-0.1, -0.05) is 18.2 Å². The lowest BCUT2D eigenvalue weighted by molar-refractivity contribution is -0.138. The molecule has 1 atom stereocenters. The fourth-order valence-electron chi connectivity index (χ4n) is 3.91. The van der Waals surface area contributed by atoms with Crippen LogP contribution in [0.25, 0.3) is 0 Å². The zero-order valence-corrected chi connectivity index (χ0v) is 18.6. The first-order valence-electron chi connectivity index (χ1n) is 10.4. The van der Waals surface area contributed by atoms with Crippen molar-refractivity contribution in [2.75, 3.05) is 27.2 Å². The second-order valence-electron chi connectivity index (χ2n) is 8.03. The zero-order chi connectivity index (χ0) is 22.5. The van der Waals surface area contributed by atoms with E-state index >= 15 is 0 Å². The molecule has 1 saturated heterocycles. The van der Waals surface area contributed by atoms with Gasteiger partial charge in [-0.25, -0.2) is 4.39 Å². The van der Waals surface area contributed by atoms with Crippen molar-refractivity contribution in [2.24, 2.45) is 0 Å². The average molecular weight is 428 g/mol. The molecule has 2 aromatic carbocycles. The van der Waals surface area contributed by atoms with Crippen LogP contribution in [0.3, 0.4) is 0 Å². The highest BCUT2D eigenvalue weighted by molar-refractivity contribution is 5.88. The highest BCUT2D eigenvalue weighted by Crippen LogP contribution is 2.26. The Morgan fingerprint density at radius 1 is 1.19 bits per heavy atom. The van der Waals surface area contributed by atoms with Gasteiger partial charge in [0.1, 0.15) is 11.6 Å². The quantitative estimate of drug-likeness (QED) is 0.738. The van der Waals surface area contributed by atoms with Gasteiger partial charge in [-0.15, -0.1) is 0 Å². The van der Waals surface area contributed by atoms with Gasteiger partial charge in [0.15, 0.2) is 0 Å². The number of benzene rings is 2. The van der Waals surface area contributed by atoms with Crippen molar-refractivity contribution < 1.29 is 18.7 Å². The van der Waals surface area contributed by atoms with E-state index < -0.39 is 6.04 Å². The number of halogens is 1. The van der Waals surface area contributed by atoms with Crippen LogP contribution >= 0.6 is 0 Å². The minimum atomic E-state index is -0.529. The molecule has 0 aromatic heterocycles. The molecule has 166 valence electrons. The number of hydrogen-bond donors (Lipinski definition) is 1. The van der Waals surface area contributed by atoms with Gasteiger partial charge in [0.05, 0.1) is 19.6 Å². The van der Waals surface area contributed by atoms with E-state index in [0.717, 1.165) is 28.0 Å². The van der Waals surface area contributed by atoms with Crippen LogP contribution in [0.1, 0.15) is 28.7 Å². The number of carbonyl (C=O) groups excluding carboxylic acids is 2. The van der Waals surface area contributed by atoms with E-state index in [0.29, 0.717) is 26.2 Å². The molecule has 1 aliphatic heterocycles. The lowest BCUT2D eigenvalue weighted by atomic mass is 10.00. The second kappa shape index (κ2) is 9.92. The van der Waals surface area contributed by atoms with E-state index in [1.165, 1.54) is 12.1 Å². The molecule has 0 radical (unpaired) electrons. The monoisotopic (exact) mass is 427 g/mol. The van der Waals surface area contributed by atoms with Gasteiger partial charge in [-0.3, -0.25) is 14.5 Å². The van der Waals surface area contributed by atoms with E-state index in [1.54, 1.807) is 31.2 Å². The molecule has 0 bridgehead atoms. The van der Waals surface area contributed by atoms with Gasteiger partial charge >= 0.3 is 0 Å². The van der Waals surface area contributed by atoms with Gasteiger partial charge in [0.2, 0.25) is 11.8 Å². The van der Waals surface area contributed by atoms with Crippen LogP contribution in [0, 0.1) is 19.7 Å². The molecule has 2 aromatic rings. The van der Waals surface area contributed by atoms with Crippen molar-refractivity contribution in [1.82, 2.24) is 15.1 Å². The molecule has 7 heteroatoms. The Morgan fingerprint density at radius 2 is 1.90 bits per heavy atom. The highest BCUT2D eigenvalue weighted by Gasteiger charge is 2.32. The van der Waals surface area contributed by atoms with E-state index in [4.69, 9.17) is 4.74 Å².